The highest BCUT2D eigenvalue weighted by Gasteiger charge is 2.27. The molecule has 0 fully saturated rings. The van der Waals surface area contributed by atoms with Crippen molar-refractivity contribution < 1.29 is 32.3 Å². The molecule has 0 saturated heterocycles. The Balaban J connectivity index is 2.65. The summed E-state index contributed by atoms with van der Waals surface area (Å²) in [6.07, 6.45) is 0.496. The van der Waals surface area contributed by atoms with Crippen molar-refractivity contribution in [1.82, 2.24) is 4.98 Å². The van der Waals surface area contributed by atoms with Crippen LogP contribution >= 0.6 is 0 Å². The summed E-state index contributed by atoms with van der Waals surface area (Å²) in [6, 6.07) is 7.33. The fourth-order valence-electron chi connectivity index (χ4n) is 3.79. The van der Waals surface area contributed by atoms with Crippen molar-refractivity contribution in [2.45, 2.75) is 52.4 Å². The lowest BCUT2D eigenvalue weighted by atomic mass is 9.84. The first-order valence-electron chi connectivity index (χ1n) is 11.2. The number of rotatable bonds is 12. The Morgan fingerprint density at radius 1 is 1.11 bits per heavy atom. The highest BCUT2D eigenvalue weighted by Crippen LogP contribution is 2.35. The number of halogens is 1. The van der Waals surface area contributed by atoms with Crippen LogP contribution in [-0.4, -0.2) is 49.3 Å². The van der Waals surface area contributed by atoms with Crippen molar-refractivity contribution in [3.8, 4) is 11.1 Å². The highest BCUT2D eigenvalue weighted by molar-refractivity contribution is 7.92. The molecule has 2 aromatic rings. The number of carbonyl (C=O) groups is 3. The molecule has 1 atom stereocenters. The molecule has 1 unspecified atom stereocenters. The maximum Gasteiger partial charge on any atom is 0.310 e. The quantitative estimate of drug-likeness (QED) is 0.432. The third-order valence-corrected chi connectivity index (χ3v) is 6.97. The number of carboxylic acids is 1. The zero-order chi connectivity index (χ0) is 26.5. The molecule has 35 heavy (non-hydrogen) atoms. The van der Waals surface area contributed by atoms with Gasteiger partial charge in [0.1, 0.15) is 23.8 Å². The lowest BCUT2D eigenvalue weighted by Gasteiger charge is -2.24. The van der Waals surface area contributed by atoms with E-state index in [-0.39, 0.29) is 23.9 Å². The Morgan fingerprint density at radius 3 is 2.20 bits per heavy atom. The molecule has 0 amide bonds. The maximum absolute atomic E-state index is 13.6. The van der Waals surface area contributed by atoms with E-state index in [0.29, 0.717) is 28.8 Å². The van der Waals surface area contributed by atoms with Crippen LogP contribution in [0.25, 0.3) is 11.1 Å². The van der Waals surface area contributed by atoms with Gasteiger partial charge in [0.2, 0.25) is 10.0 Å². The van der Waals surface area contributed by atoms with E-state index in [0.717, 1.165) is 10.6 Å². The Bertz CT molecular complexity index is 1210. The van der Waals surface area contributed by atoms with E-state index in [9.17, 15) is 27.2 Å². The van der Waals surface area contributed by atoms with Crippen molar-refractivity contribution in [2.24, 2.45) is 5.92 Å². The first kappa shape index (κ1) is 28.1. The van der Waals surface area contributed by atoms with Gasteiger partial charge in [0.15, 0.2) is 5.78 Å². The van der Waals surface area contributed by atoms with E-state index in [1.807, 2.05) is 13.8 Å². The average molecular weight is 507 g/mol. The van der Waals surface area contributed by atoms with Crippen LogP contribution in [0.3, 0.4) is 0 Å². The SMILES string of the molecule is CCC(Cc1c(-c2ccc(F)cc2)cc(N(C)S(C)(=O)=O)nc1C(C)C)C(=O)CC(=O)CC(=O)O. The summed E-state index contributed by atoms with van der Waals surface area (Å²) in [7, 11) is -2.22. The molecule has 2 rings (SSSR count). The molecule has 0 saturated carbocycles. The molecule has 10 heteroatoms. The number of pyridine rings is 1. The molecule has 1 N–H and O–H groups in total. The van der Waals surface area contributed by atoms with Crippen LogP contribution in [0, 0.1) is 11.7 Å². The minimum Gasteiger partial charge on any atom is -0.481 e. The second kappa shape index (κ2) is 11.5. The maximum atomic E-state index is 13.6. The van der Waals surface area contributed by atoms with Crippen molar-refractivity contribution in [1.29, 1.82) is 0 Å². The number of benzene rings is 1. The van der Waals surface area contributed by atoms with Crippen molar-refractivity contribution in [2.75, 3.05) is 17.6 Å². The molecule has 0 aliphatic heterocycles. The van der Waals surface area contributed by atoms with Crippen LogP contribution in [0.1, 0.15) is 57.2 Å². The van der Waals surface area contributed by atoms with Gasteiger partial charge in [-0.2, -0.15) is 0 Å². The number of carboxylic acid groups (broad SMARTS) is 1. The van der Waals surface area contributed by atoms with Gasteiger partial charge in [-0.3, -0.25) is 18.7 Å². The summed E-state index contributed by atoms with van der Waals surface area (Å²) >= 11 is 0. The molecule has 0 aliphatic carbocycles. The molecule has 0 aliphatic rings. The number of carbonyl (C=O) groups excluding carboxylic acids is 2. The number of aliphatic carboxylic acids is 1. The number of anilines is 1. The third-order valence-electron chi connectivity index (χ3n) is 5.78. The normalized spacial score (nSPS) is 12.4. The molecular weight excluding hydrogens is 475 g/mol. The number of Topliss-reactive ketones (excluding diaryl/α,β-unsaturated/α-hetero) is 2. The number of aromatic nitrogens is 1. The van der Waals surface area contributed by atoms with Crippen LogP contribution in [0.4, 0.5) is 10.2 Å². The molecule has 190 valence electrons. The Kier molecular flexibility index (Phi) is 9.25. The first-order chi connectivity index (χ1) is 16.2. The van der Waals surface area contributed by atoms with Crippen molar-refractivity contribution in [3.05, 3.63) is 47.4 Å². The zero-order valence-electron chi connectivity index (χ0n) is 20.5. The zero-order valence-corrected chi connectivity index (χ0v) is 21.4. The molecule has 0 bridgehead atoms. The van der Waals surface area contributed by atoms with Crippen LogP contribution in [0.2, 0.25) is 0 Å². The van der Waals surface area contributed by atoms with Gasteiger partial charge in [-0.05, 0) is 53.6 Å². The molecule has 1 aromatic heterocycles. The average Bonchev–Trinajstić information content (AvgIpc) is 2.75. The topological polar surface area (TPSA) is 122 Å². The van der Waals surface area contributed by atoms with Crippen LogP contribution in [-0.2, 0) is 30.8 Å². The molecule has 0 spiro atoms. The molecule has 0 radical (unpaired) electrons. The van der Waals surface area contributed by atoms with Gasteiger partial charge in [0.05, 0.1) is 12.7 Å². The van der Waals surface area contributed by atoms with E-state index < -0.39 is 46.4 Å². The summed E-state index contributed by atoms with van der Waals surface area (Å²) in [5.41, 5.74) is 2.51. The van der Waals surface area contributed by atoms with E-state index in [4.69, 9.17) is 5.11 Å². The Labute approximate surface area is 205 Å². The Morgan fingerprint density at radius 2 is 1.71 bits per heavy atom. The summed E-state index contributed by atoms with van der Waals surface area (Å²) < 4.78 is 39.1. The van der Waals surface area contributed by atoms with Gasteiger partial charge < -0.3 is 5.11 Å². The second-order valence-corrected chi connectivity index (χ2v) is 10.9. The van der Waals surface area contributed by atoms with E-state index >= 15 is 0 Å². The molecule has 1 heterocycles. The Hall–Kier alpha value is -3.14. The highest BCUT2D eigenvalue weighted by atomic mass is 32.2. The molecule has 1 aromatic carbocycles. The molecular formula is C25H31FN2O6S. The lowest BCUT2D eigenvalue weighted by molar-refractivity contribution is -0.140. The fourth-order valence-corrected chi connectivity index (χ4v) is 4.22. The fraction of sp³-hybridized carbons (Fsp3) is 0.440. The van der Waals surface area contributed by atoms with Gasteiger partial charge in [-0.25, -0.2) is 17.8 Å². The number of ketones is 2. The number of nitrogens with zero attached hydrogens (tertiary/aromatic N) is 2. The smallest absolute Gasteiger partial charge is 0.310 e. The van der Waals surface area contributed by atoms with E-state index in [1.165, 1.54) is 19.2 Å². The van der Waals surface area contributed by atoms with Crippen LogP contribution in [0.15, 0.2) is 30.3 Å². The van der Waals surface area contributed by atoms with Gasteiger partial charge in [-0.1, -0.05) is 32.9 Å². The minimum absolute atomic E-state index is 0.140. The molecule has 8 nitrogen and oxygen atoms in total. The summed E-state index contributed by atoms with van der Waals surface area (Å²) in [5, 5.41) is 8.82. The summed E-state index contributed by atoms with van der Waals surface area (Å²) in [5.74, 6) is -3.27. The van der Waals surface area contributed by atoms with E-state index in [2.05, 4.69) is 4.98 Å². The minimum atomic E-state index is -3.61. The predicted octanol–water partition coefficient (Wildman–Crippen LogP) is 3.98. The van der Waals surface area contributed by atoms with E-state index in [1.54, 1.807) is 25.1 Å². The van der Waals surface area contributed by atoms with Crippen molar-refractivity contribution in [3.63, 3.8) is 0 Å². The summed E-state index contributed by atoms with van der Waals surface area (Å²) in [4.78, 5) is 40.2. The monoisotopic (exact) mass is 506 g/mol. The van der Waals surface area contributed by atoms with Gasteiger partial charge in [0.25, 0.3) is 0 Å². The van der Waals surface area contributed by atoms with Gasteiger partial charge in [-0.15, -0.1) is 0 Å². The van der Waals surface area contributed by atoms with Gasteiger partial charge in [0, 0.05) is 18.7 Å². The lowest BCUT2D eigenvalue weighted by Crippen LogP contribution is -2.27. The first-order valence-corrected chi connectivity index (χ1v) is 13.1. The number of sulfonamides is 1. The number of hydrogen-bond donors (Lipinski definition) is 1. The predicted molar refractivity (Wildman–Crippen MR) is 131 cm³/mol. The largest absolute Gasteiger partial charge is 0.481 e. The van der Waals surface area contributed by atoms with Crippen LogP contribution < -0.4 is 4.31 Å². The standard InChI is InChI=1S/C25H31FN2O6S/c1-6-16(22(30)12-19(29)13-24(31)32)11-21-20(17-7-9-18(26)10-8-17)14-23(27-25(21)15(2)3)28(4)35(5,33)34/h7-10,14-16H,6,11-13H2,1-5H3,(H,31,32). The van der Waals surface area contributed by atoms with Gasteiger partial charge >= 0.3 is 5.97 Å². The van der Waals surface area contributed by atoms with Crippen LogP contribution in [0.5, 0.6) is 0 Å². The second-order valence-electron chi connectivity index (χ2n) is 8.85. The third kappa shape index (κ3) is 7.42. The number of hydrogen-bond acceptors (Lipinski definition) is 6. The van der Waals surface area contributed by atoms with Crippen molar-refractivity contribution >= 4 is 33.4 Å². The summed E-state index contributed by atoms with van der Waals surface area (Å²) in [6.45, 7) is 5.59.